The van der Waals surface area contributed by atoms with Crippen LogP contribution in [0.25, 0.3) is 0 Å². The van der Waals surface area contributed by atoms with Crippen molar-refractivity contribution in [3.8, 4) is 0 Å². The maximum atomic E-state index is 11.9. The second-order valence-electron chi connectivity index (χ2n) is 11.0. The molecule has 238 valence electrons. The van der Waals surface area contributed by atoms with E-state index in [1.165, 1.54) is 31.5 Å². The molecule has 1 aliphatic carbocycles. The van der Waals surface area contributed by atoms with Crippen molar-refractivity contribution in [2.24, 2.45) is 11.5 Å². The number of nitrogens with one attached hydrogen (secondary N) is 2. The quantitative estimate of drug-likeness (QED) is 0.207. The summed E-state index contributed by atoms with van der Waals surface area (Å²) in [6.07, 6.45) is 10.1. The number of aromatic nitrogens is 3. The number of nitrogens with two attached hydrogens (primary N) is 2. The molecule has 3 heterocycles. The van der Waals surface area contributed by atoms with Gasteiger partial charge in [-0.2, -0.15) is 0 Å². The smallest absolute Gasteiger partial charge is 0.543 e. The second kappa shape index (κ2) is 20.5. The zero-order valence-electron chi connectivity index (χ0n) is 26.3. The first-order valence-corrected chi connectivity index (χ1v) is 14.7. The van der Waals surface area contributed by atoms with Gasteiger partial charge in [0.2, 0.25) is 0 Å². The van der Waals surface area contributed by atoms with Crippen LogP contribution in [-0.4, -0.2) is 44.6 Å². The number of aromatic carboxylic acids is 1. The first-order valence-electron chi connectivity index (χ1n) is 14.3. The van der Waals surface area contributed by atoms with Crippen LogP contribution in [0.1, 0.15) is 90.5 Å². The number of carbonyl (C=O) groups is 3. The summed E-state index contributed by atoms with van der Waals surface area (Å²) in [6, 6.07) is 10.4. The molecule has 1 fully saturated rings. The van der Waals surface area contributed by atoms with Gasteiger partial charge in [-0.05, 0) is 68.5 Å². The number of carboxylic acid groups (broad SMARTS) is 1. The van der Waals surface area contributed by atoms with Crippen molar-refractivity contribution in [2.45, 2.75) is 84.2 Å². The Balaban J connectivity index is 0.000000351. The van der Waals surface area contributed by atoms with Gasteiger partial charge in [0.25, 0.3) is 5.91 Å². The standard InChI is InChI=1S/C13H19N3O.C12H16N2O4.C6H7ClN2.Li/c14-8-10-6-7-12(15-9-10)13(17)16-11-4-2-1-3-5-11;1-12(2,3)18-11(17)14-7-8-4-5-9(10(15)16)13-6-8;7-6-2-1-5(3-8)4-9-6;/h6-7,9,11H,1-5,8,14H2,(H,16,17);4-6H,7H2,1-3H3,(H,14,17)(H,15,16);1-2,4H,3,8H2;/q;;;+1/p-1. The van der Waals surface area contributed by atoms with E-state index in [4.69, 9.17) is 27.8 Å². The molecule has 1 saturated carbocycles. The average Bonchev–Trinajstić information content (AvgIpc) is 3.01. The van der Waals surface area contributed by atoms with Crippen molar-refractivity contribution < 1.29 is 43.1 Å². The van der Waals surface area contributed by atoms with E-state index in [-0.39, 0.29) is 37.0 Å². The zero-order chi connectivity index (χ0) is 32.5. The summed E-state index contributed by atoms with van der Waals surface area (Å²) in [5.74, 6) is -1.40. The van der Waals surface area contributed by atoms with Gasteiger partial charge in [-0.25, -0.2) is 9.78 Å². The van der Waals surface area contributed by atoms with Crippen LogP contribution in [0.5, 0.6) is 0 Å². The van der Waals surface area contributed by atoms with Gasteiger partial charge in [0.05, 0.1) is 11.7 Å². The van der Waals surface area contributed by atoms with E-state index in [0.717, 1.165) is 24.0 Å². The number of alkyl carbamates (subject to hydrolysis) is 1. The molecular weight excluding hydrogens is 593 g/mol. The largest absolute Gasteiger partial charge is 1.00 e. The Bertz CT molecular complexity index is 1320. The van der Waals surface area contributed by atoms with Gasteiger partial charge in [-0.15, -0.1) is 0 Å². The molecule has 0 saturated heterocycles. The fourth-order valence-corrected chi connectivity index (χ4v) is 3.96. The predicted octanol–water partition coefficient (Wildman–Crippen LogP) is 0.270. The average molecular weight is 634 g/mol. The van der Waals surface area contributed by atoms with Crippen LogP contribution in [-0.2, 0) is 24.4 Å². The normalized spacial score (nSPS) is 12.6. The summed E-state index contributed by atoms with van der Waals surface area (Å²) in [5, 5.41) is 16.6. The van der Waals surface area contributed by atoms with E-state index in [0.29, 0.717) is 35.5 Å². The Hall–Kier alpha value is -3.53. The number of hydrogen-bond acceptors (Lipinski definition) is 10. The number of rotatable bonds is 7. The van der Waals surface area contributed by atoms with Crippen molar-refractivity contribution in [2.75, 3.05) is 0 Å². The number of ether oxygens (including phenoxy) is 1. The Morgan fingerprint density at radius 2 is 1.40 bits per heavy atom. The summed E-state index contributed by atoms with van der Waals surface area (Å²) >= 11 is 5.52. The molecule has 6 N–H and O–H groups in total. The number of halogens is 1. The third-order valence-electron chi connectivity index (χ3n) is 6.13. The predicted molar refractivity (Wildman–Crippen MR) is 165 cm³/mol. The number of carbonyl (C=O) groups excluding carboxylic acids is 3. The van der Waals surface area contributed by atoms with E-state index < -0.39 is 17.7 Å². The number of amides is 2. The molecule has 45 heavy (non-hydrogen) atoms. The Labute approximate surface area is 281 Å². The van der Waals surface area contributed by atoms with Crippen LogP contribution < -0.4 is 46.1 Å². The van der Waals surface area contributed by atoms with Crippen molar-refractivity contribution in [3.63, 3.8) is 0 Å². The molecule has 14 heteroatoms. The van der Waals surface area contributed by atoms with E-state index in [1.54, 1.807) is 51.4 Å². The first-order chi connectivity index (χ1) is 20.9. The minimum atomic E-state index is -1.33. The molecular formula is C31H41ClLiN7O5. The van der Waals surface area contributed by atoms with E-state index in [9.17, 15) is 19.5 Å². The van der Waals surface area contributed by atoms with Crippen molar-refractivity contribution >= 4 is 29.6 Å². The van der Waals surface area contributed by atoms with Crippen LogP contribution in [0, 0.1) is 0 Å². The van der Waals surface area contributed by atoms with Gasteiger partial charge >= 0.3 is 25.0 Å². The molecule has 0 aromatic carbocycles. The van der Waals surface area contributed by atoms with E-state index in [1.807, 2.05) is 12.1 Å². The zero-order valence-corrected chi connectivity index (χ0v) is 27.1. The topological polar surface area (TPSA) is 198 Å². The maximum absolute atomic E-state index is 11.9. The van der Waals surface area contributed by atoms with E-state index in [2.05, 4.69) is 25.6 Å². The number of pyridine rings is 3. The SMILES string of the molecule is CC(C)(C)OC(=O)NCc1ccc(C(=O)[O-])nc1.NCc1ccc(C(=O)NC2CCCCC2)nc1.NCc1ccc(Cl)nc1.[Li+]. The number of hydrogen-bond donors (Lipinski definition) is 4. The number of carboxylic acids is 1. The summed E-state index contributed by atoms with van der Waals surface area (Å²) in [7, 11) is 0. The molecule has 1 aliphatic rings. The van der Waals surface area contributed by atoms with Crippen molar-refractivity contribution in [1.29, 1.82) is 0 Å². The Morgan fingerprint density at radius 1 is 0.867 bits per heavy atom. The van der Waals surface area contributed by atoms with Gasteiger partial charge in [0, 0.05) is 44.3 Å². The first kappa shape index (κ1) is 39.5. The molecule has 0 atom stereocenters. The van der Waals surface area contributed by atoms with Crippen molar-refractivity contribution in [3.05, 3.63) is 88.2 Å². The molecule has 0 spiro atoms. The van der Waals surface area contributed by atoms with Gasteiger partial charge in [0.15, 0.2) is 0 Å². The molecule has 3 aromatic heterocycles. The Morgan fingerprint density at radius 3 is 1.87 bits per heavy atom. The fraction of sp³-hybridized carbons (Fsp3) is 0.419. The number of nitrogens with zero attached hydrogens (tertiary/aromatic N) is 3. The van der Waals surface area contributed by atoms with Crippen LogP contribution in [0.4, 0.5) is 4.79 Å². The summed E-state index contributed by atoms with van der Waals surface area (Å²) in [5.41, 5.74) is 13.2. The molecule has 3 aromatic rings. The monoisotopic (exact) mass is 633 g/mol. The molecule has 0 bridgehead atoms. The van der Waals surface area contributed by atoms with Crippen LogP contribution >= 0.6 is 11.6 Å². The summed E-state index contributed by atoms with van der Waals surface area (Å²) < 4.78 is 5.05. The molecule has 2 amide bonds. The second-order valence-corrected chi connectivity index (χ2v) is 11.3. The third-order valence-corrected chi connectivity index (χ3v) is 6.35. The third kappa shape index (κ3) is 16.4. The van der Waals surface area contributed by atoms with Crippen LogP contribution in [0.2, 0.25) is 5.15 Å². The van der Waals surface area contributed by atoms with E-state index >= 15 is 0 Å². The van der Waals surface area contributed by atoms with Gasteiger partial charge < -0.3 is 36.7 Å². The molecule has 4 rings (SSSR count). The van der Waals surface area contributed by atoms with Gasteiger partial charge in [-0.1, -0.05) is 49.1 Å². The summed E-state index contributed by atoms with van der Waals surface area (Å²) in [4.78, 5) is 45.4. The Kier molecular flexibility index (Phi) is 18.0. The molecule has 12 nitrogen and oxygen atoms in total. The minimum absolute atomic E-state index is 0. The summed E-state index contributed by atoms with van der Waals surface area (Å²) in [6.45, 7) is 6.49. The van der Waals surface area contributed by atoms with Crippen LogP contribution in [0.15, 0.2) is 55.0 Å². The molecule has 0 aliphatic heterocycles. The molecule has 0 unspecified atom stereocenters. The molecule has 0 radical (unpaired) electrons. The van der Waals surface area contributed by atoms with Gasteiger partial charge in [-0.3, -0.25) is 14.8 Å². The minimum Gasteiger partial charge on any atom is -0.543 e. The van der Waals surface area contributed by atoms with Crippen LogP contribution in [0.3, 0.4) is 0 Å². The fourth-order valence-electron chi connectivity index (χ4n) is 3.85. The van der Waals surface area contributed by atoms with Gasteiger partial charge in [0.1, 0.15) is 16.4 Å². The maximum Gasteiger partial charge on any atom is 1.00 e. The van der Waals surface area contributed by atoms with Crippen molar-refractivity contribution in [1.82, 2.24) is 25.6 Å².